The third-order valence-corrected chi connectivity index (χ3v) is 3.98. The van der Waals surface area contributed by atoms with Gasteiger partial charge in [0, 0.05) is 0 Å². The Hall–Kier alpha value is -0.440. The summed E-state index contributed by atoms with van der Waals surface area (Å²) in [5, 5.41) is 76.8. The first-order chi connectivity index (χ1) is 10.8. The lowest BCUT2D eigenvalue weighted by Gasteiger charge is -2.45. The fourth-order valence-corrected chi connectivity index (χ4v) is 2.56. The molecule has 0 unspecified atom stereocenters. The average Bonchev–Trinajstić information content (AvgIpc) is 2.54. The molecule has 11 heteroatoms. The van der Waals surface area contributed by atoms with Gasteiger partial charge in [-0.15, -0.1) is 0 Å². The highest BCUT2D eigenvalue weighted by Crippen LogP contribution is 2.28. The van der Waals surface area contributed by atoms with E-state index in [4.69, 9.17) is 24.4 Å². The van der Waals surface area contributed by atoms with E-state index in [2.05, 4.69) is 0 Å². The smallest absolute Gasteiger partial charge is 0.187 e. The van der Waals surface area contributed by atoms with Gasteiger partial charge >= 0.3 is 0 Å². The first kappa shape index (κ1) is 18.9. The van der Waals surface area contributed by atoms with E-state index in [1.807, 2.05) is 0 Å². The minimum Gasteiger partial charge on any atom is -0.394 e. The molecule has 136 valence electrons. The minimum absolute atomic E-state index is 0.667. The van der Waals surface area contributed by atoms with Crippen LogP contribution in [0.2, 0.25) is 0 Å². The van der Waals surface area contributed by atoms with Gasteiger partial charge < -0.3 is 55.1 Å². The Labute approximate surface area is 130 Å². The molecular formula is C12H22O11. The zero-order valence-corrected chi connectivity index (χ0v) is 12.0. The molecule has 8 N–H and O–H groups in total. The molecule has 0 aromatic heterocycles. The quantitative estimate of drug-likeness (QED) is 0.243. The third kappa shape index (κ3) is 3.65. The van der Waals surface area contributed by atoms with E-state index in [1.165, 1.54) is 0 Å². The van der Waals surface area contributed by atoms with Crippen molar-refractivity contribution >= 4 is 0 Å². The van der Waals surface area contributed by atoms with Crippen molar-refractivity contribution in [2.24, 2.45) is 0 Å². The lowest BCUT2D eigenvalue weighted by molar-refractivity contribution is -0.355. The van der Waals surface area contributed by atoms with Gasteiger partial charge in [-0.05, 0) is 0 Å². The van der Waals surface area contributed by atoms with Crippen LogP contribution in [0.25, 0.3) is 0 Å². The Morgan fingerprint density at radius 2 is 1.22 bits per heavy atom. The summed E-state index contributed by atoms with van der Waals surface area (Å²) in [7, 11) is 0. The molecule has 2 saturated heterocycles. The molecule has 0 aromatic carbocycles. The summed E-state index contributed by atoms with van der Waals surface area (Å²) in [5.74, 6) is 0. The molecule has 2 fully saturated rings. The average molecular weight is 342 g/mol. The van der Waals surface area contributed by atoms with Gasteiger partial charge in [0.25, 0.3) is 0 Å². The molecule has 0 amide bonds. The highest BCUT2D eigenvalue weighted by atomic mass is 16.7. The van der Waals surface area contributed by atoms with Crippen LogP contribution in [-0.4, -0.2) is 115 Å². The summed E-state index contributed by atoms with van der Waals surface area (Å²) in [6, 6.07) is 0. The summed E-state index contributed by atoms with van der Waals surface area (Å²) in [6.07, 6.45) is -15.7. The molecule has 0 saturated carbocycles. The van der Waals surface area contributed by atoms with Crippen LogP contribution in [0.4, 0.5) is 0 Å². The second-order valence-corrected chi connectivity index (χ2v) is 5.53. The van der Waals surface area contributed by atoms with Crippen molar-refractivity contribution in [2.75, 3.05) is 13.2 Å². The SMILES string of the molecule is OC[C@H]1O[C@@H](O)[C@H](O)[C@@H](O[C@@H]2O[C@H](CO)[C@@H](O)[C@H](O)[C@@H]2O)[C@H]1O. The molecular weight excluding hydrogens is 320 g/mol. The highest BCUT2D eigenvalue weighted by Gasteiger charge is 2.50. The van der Waals surface area contributed by atoms with Crippen LogP contribution in [0, 0.1) is 0 Å². The van der Waals surface area contributed by atoms with Gasteiger partial charge in [0.1, 0.15) is 48.8 Å². The van der Waals surface area contributed by atoms with Gasteiger partial charge in [-0.1, -0.05) is 0 Å². The van der Waals surface area contributed by atoms with Crippen molar-refractivity contribution in [1.82, 2.24) is 0 Å². The maximum Gasteiger partial charge on any atom is 0.187 e. The standard InChI is InChI=1S/C12H22O11/c13-1-3-5(15)7(17)8(18)12(22-3)23-10-6(16)4(2-14)21-11(20)9(10)19/h3-20H,1-2H2/t3-,4-,5-,6+,7+,8+,9-,10+,11-,12+/m1/s1. The molecule has 2 heterocycles. The van der Waals surface area contributed by atoms with Crippen molar-refractivity contribution in [1.29, 1.82) is 0 Å². The van der Waals surface area contributed by atoms with Crippen LogP contribution >= 0.6 is 0 Å². The molecule has 2 rings (SSSR count). The maximum absolute atomic E-state index is 10.00. The van der Waals surface area contributed by atoms with Gasteiger partial charge in [-0.3, -0.25) is 0 Å². The van der Waals surface area contributed by atoms with Crippen molar-refractivity contribution in [3.05, 3.63) is 0 Å². The van der Waals surface area contributed by atoms with Gasteiger partial charge in [0.15, 0.2) is 12.6 Å². The summed E-state index contributed by atoms with van der Waals surface area (Å²) in [5.41, 5.74) is 0. The fourth-order valence-electron chi connectivity index (χ4n) is 2.56. The molecule has 0 bridgehead atoms. The molecule has 0 spiro atoms. The molecule has 0 aliphatic carbocycles. The van der Waals surface area contributed by atoms with Crippen LogP contribution in [0.3, 0.4) is 0 Å². The maximum atomic E-state index is 10.00. The van der Waals surface area contributed by atoms with Crippen LogP contribution in [0.1, 0.15) is 0 Å². The Balaban J connectivity index is 2.11. The molecule has 2 aliphatic rings. The fraction of sp³-hybridized carbons (Fsp3) is 1.00. The third-order valence-electron chi connectivity index (χ3n) is 3.98. The van der Waals surface area contributed by atoms with Crippen molar-refractivity contribution in [3.8, 4) is 0 Å². The van der Waals surface area contributed by atoms with Gasteiger partial charge in [0.2, 0.25) is 0 Å². The summed E-state index contributed by atoms with van der Waals surface area (Å²) < 4.78 is 15.1. The topological polar surface area (TPSA) is 190 Å². The first-order valence-corrected chi connectivity index (χ1v) is 7.08. The van der Waals surface area contributed by atoms with Gasteiger partial charge in [-0.2, -0.15) is 0 Å². The van der Waals surface area contributed by atoms with Crippen LogP contribution < -0.4 is 0 Å². The highest BCUT2D eigenvalue weighted by molar-refractivity contribution is 4.93. The predicted molar refractivity (Wildman–Crippen MR) is 68.6 cm³/mol. The molecule has 23 heavy (non-hydrogen) atoms. The lowest BCUT2D eigenvalue weighted by Crippen LogP contribution is -2.64. The minimum atomic E-state index is -1.76. The predicted octanol–water partition coefficient (Wildman–Crippen LogP) is -5.40. The Bertz CT molecular complexity index is 380. The van der Waals surface area contributed by atoms with E-state index in [0.717, 1.165) is 0 Å². The summed E-state index contributed by atoms with van der Waals surface area (Å²) in [4.78, 5) is 0. The van der Waals surface area contributed by atoms with Crippen molar-refractivity contribution in [2.45, 2.75) is 61.4 Å². The monoisotopic (exact) mass is 342 g/mol. The number of hydrogen-bond acceptors (Lipinski definition) is 11. The Morgan fingerprint density at radius 3 is 1.78 bits per heavy atom. The number of ether oxygens (including phenoxy) is 3. The van der Waals surface area contributed by atoms with E-state index in [1.54, 1.807) is 0 Å². The molecule has 11 nitrogen and oxygen atoms in total. The van der Waals surface area contributed by atoms with E-state index >= 15 is 0 Å². The zero-order valence-electron chi connectivity index (χ0n) is 12.0. The summed E-state index contributed by atoms with van der Waals surface area (Å²) in [6.45, 7) is -1.34. The number of aliphatic hydroxyl groups is 8. The van der Waals surface area contributed by atoms with E-state index < -0.39 is 74.6 Å². The van der Waals surface area contributed by atoms with Crippen LogP contribution in [-0.2, 0) is 14.2 Å². The number of aliphatic hydroxyl groups excluding tert-OH is 8. The normalized spacial score (nSPS) is 51.7. The van der Waals surface area contributed by atoms with Crippen LogP contribution in [0.5, 0.6) is 0 Å². The summed E-state index contributed by atoms with van der Waals surface area (Å²) >= 11 is 0. The Morgan fingerprint density at radius 1 is 0.652 bits per heavy atom. The largest absolute Gasteiger partial charge is 0.394 e. The molecule has 2 aliphatic heterocycles. The van der Waals surface area contributed by atoms with Crippen LogP contribution in [0.15, 0.2) is 0 Å². The Kier molecular flexibility index (Phi) is 6.27. The molecule has 0 radical (unpaired) electrons. The van der Waals surface area contributed by atoms with Crippen molar-refractivity contribution in [3.63, 3.8) is 0 Å². The lowest BCUT2D eigenvalue weighted by atomic mass is 9.97. The zero-order chi connectivity index (χ0) is 17.3. The van der Waals surface area contributed by atoms with E-state index in [-0.39, 0.29) is 0 Å². The number of hydrogen-bond donors (Lipinski definition) is 8. The first-order valence-electron chi connectivity index (χ1n) is 7.08. The molecule has 10 atom stereocenters. The van der Waals surface area contributed by atoms with Crippen molar-refractivity contribution < 1.29 is 55.1 Å². The second kappa shape index (κ2) is 7.63. The van der Waals surface area contributed by atoms with E-state index in [0.29, 0.717) is 0 Å². The molecule has 0 aromatic rings. The number of rotatable bonds is 4. The van der Waals surface area contributed by atoms with Gasteiger partial charge in [-0.25, -0.2) is 0 Å². The van der Waals surface area contributed by atoms with E-state index in [9.17, 15) is 30.6 Å². The van der Waals surface area contributed by atoms with Gasteiger partial charge in [0.05, 0.1) is 13.2 Å². The second-order valence-electron chi connectivity index (χ2n) is 5.53.